The summed E-state index contributed by atoms with van der Waals surface area (Å²) in [6.07, 6.45) is 7.95. The normalized spacial score (nSPS) is 16.2. The quantitative estimate of drug-likeness (QED) is 0.492. The molecule has 2 N–H and O–H groups in total. The molecule has 1 aliphatic carbocycles. The first kappa shape index (κ1) is 18.8. The maximum atomic E-state index is 13.4. The van der Waals surface area contributed by atoms with Gasteiger partial charge in [0, 0.05) is 43.6 Å². The van der Waals surface area contributed by atoms with Gasteiger partial charge in [0.1, 0.15) is 0 Å². The Hall–Kier alpha value is -3.89. The van der Waals surface area contributed by atoms with Gasteiger partial charge in [-0.1, -0.05) is 5.10 Å². The Morgan fingerprint density at radius 3 is 2.38 bits per heavy atom. The van der Waals surface area contributed by atoms with E-state index in [0.29, 0.717) is 42.2 Å². The van der Waals surface area contributed by atoms with E-state index in [1.807, 2.05) is 11.1 Å². The van der Waals surface area contributed by atoms with E-state index in [4.69, 9.17) is 4.42 Å². The number of H-pyrrole nitrogens is 1. The van der Waals surface area contributed by atoms with Gasteiger partial charge in [0.25, 0.3) is 5.89 Å². The minimum atomic E-state index is -0.821. The summed E-state index contributed by atoms with van der Waals surface area (Å²) in [5.41, 5.74) is 3.24. The van der Waals surface area contributed by atoms with Gasteiger partial charge in [0.15, 0.2) is 11.6 Å². The molecule has 162 valence electrons. The molecule has 9 nitrogen and oxygen atoms in total. The fraction of sp³-hybridized carbons (Fsp3) is 0.286. The summed E-state index contributed by atoms with van der Waals surface area (Å²) < 4.78 is 32.7. The van der Waals surface area contributed by atoms with Gasteiger partial charge >= 0.3 is 6.01 Å². The van der Waals surface area contributed by atoms with Crippen molar-refractivity contribution in [2.24, 2.45) is 0 Å². The number of halogens is 2. The number of benzene rings is 1. The van der Waals surface area contributed by atoms with E-state index in [2.05, 4.69) is 35.5 Å². The van der Waals surface area contributed by atoms with Gasteiger partial charge < -0.3 is 19.6 Å². The number of hydrogen-bond donors (Lipinski definition) is 2. The molecule has 4 heterocycles. The molecular formula is C21H18F2N8O. The second-order valence-corrected chi connectivity index (χ2v) is 8.07. The Kier molecular flexibility index (Phi) is 4.33. The van der Waals surface area contributed by atoms with E-state index >= 15 is 0 Å². The number of fused-ring (bicyclic) bond motifs is 1. The van der Waals surface area contributed by atoms with Crippen LogP contribution in [-0.4, -0.2) is 49.3 Å². The van der Waals surface area contributed by atoms with Crippen LogP contribution in [0.2, 0.25) is 0 Å². The number of anilines is 2. The summed E-state index contributed by atoms with van der Waals surface area (Å²) >= 11 is 0. The zero-order valence-corrected chi connectivity index (χ0v) is 16.8. The van der Waals surface area contributed by atoms with Crippen molar-refractivity contribution in [3.63, 3.8) is 0 Å². The Bertz CT molecular complexity index is 1220. The summed E-state index contributed by atoms with van der Waals surface area (Å²) in [5.74, 6) is -0.525. The number of aromatic nitrogens is 6. The Balaban J connectivity index is 1.08. The molecule has 3 aromatic heterocycles. The van der Waals surface area contributed by atoms with E-state index in [1.54, 1.807) is 18.7 Å². The molecule has 32 heavy (non-hydrogen) atoms. The van der Waals surface area contributed by atoms with Crippen LogP contribution >= 0.6 is 0 Å². The molecule has 0 unspecified atom stereocenters. The predicted molar refractivity (Wildman–Crippen MR) is 110 cm³/mol. The summed E-state index contributed by atoms with van der Waals surface area (Å²) in [4.78, 5) is 17.9. The van der Waals surface area contributed by atoms with Gasteiger partial charge in [-0.3, -0.25) is 0 Å². The van der Waals surface area contributed by atoms with Crippen molar-refractivity contribution in [2.45, 2.75) is 24.8 Å². The fourth-order valence-corrected chi connectivity index (χ4v) is 4.19. The predicted octanol–water partition coefficient (Wildman–Crippen LogP) is 2.71. The molecule has 1 aliphatic heterocycles. The van der Waals surface area contributed by atoms with Crippen LogP contribution in [-0.2, 0) is 12.8 Å². The van der Waals surface area contributed by atoms with Gasteiger partial charge in [-0.25, -0.2) is 23.7 Å². The monoisotopic (exact) mass is 436 g/mol. The van der Waals surface area contributed by atoms with Crippen LogP contribution in [0.1, 0.15) is 22.7 Å². The highest BCUT2D eigenvalue weighted by molar-refractivity contribution is 5.52. The van der Waals surface area contributed by atoms with Crippen LogP contribution in [0.3, 0.4) is 0 Å². The third kappa shape index (κ3) is 3.35. The SMILES string of the molecule is Fc1cc2c(cc1F)CC(Nc1ncc(-c3nnc(N4CC(c5c[nH]cn5)C4)o3)cn1)C2. The van der Waals surface area contributed by atoms with Crippen LogP contribution in [0.4, 0.5) is 20.7 Å². The first-order valence-electron chi connectivity index (χ1n) is 10.3. The number of aromatic amines is 1. The highest BCUT2D eigenvalue weighted by Crippen LogP contribution is 2.31. The summed E-state index contributed by atoms with van der Waals surface area (Å²) in [6.45, 7) is 1.53. The van der Waals surface area contributed by atoms with E-state index < -0.39 is 11.6 Å². The Labute approximate surface area is 180 Å². The van der Waals surface area contributed by atoms with Crippen LogP contribution in [0, 0.1) is 11.6 Å². The Morgan fingerprint density at radius 1 is 1.00 bits per heavy atom. The van der Waals surface area contributed by atoms with Gasteiger partial charge in [0.05, 0.1) is 17.6 Å². The molecule has 4 aromatic rings. The third-order valence-corrected chi connectivity index (χ3v) is 5.91. The van der Waals surface area contributed by atoms with Gasteiger partial charge in [0.2, 0.25) is 5.95 Å². The van der Waals surface area contributed by atoms with Crippen molar-refractivity contribution in [1.29, 1.82) is 0 Å². The maximum Gasteiger partial charge on any atom is 0.318 e. The smallest absolute Gasteiger partial charge is 0.318 e. The molecule has 0 amide bonds. The molecule has 0 radical (unpaired) electrons. The minimum Gasteiger partial charge on any atom is -0.403 e. The molecule has 1 saturated heterocycles. The molecular weight excluding hydrogens is 418 g/mol. The lowest BCUT2D eigenvalue weighted by atomic mass is 9.98. The second kappa shape index (κ2) is 7.36. The maximum absolute atomic E-state index is 13.4. The summed E-state index contributed by atoms with van der Waals surface area (Å²) in [6, 6.07) is 2.95. The number of nitrogens with zero attached hydrogens (tertiary/aromatic N) is 6. The standard InChI is InChI=1S/C21H18F2N8O/c22-16-3-11-1-15(2-12(11)4-17(16)23)28-20-25-5-13(6-26-20)19-29-30-21(32-19)31-8-14(9-31)18-7-24-10-27-18/h3-7,10,14-15H,1-2,8-9H2,(H,24,27)(H,25,26,28). The van der Waals surface area contributed by atoms with E-state index in [9.17, 15) is 8.78 Å². The van der Waals surface area contributed by atoms with Gasteiger partial charge in [-0.05, 0) is 36.1 Å². The fourth-order valence-electron chi connectivity index (χ4n) is 4.19. The number of imidazole rings is 1. The van der Waals surface area contributed by atoms with Crippen LogP contribution < -0.4 is 10.2 Å². The molecule has 1 aromatic carbocycles. The highest BCUT2D eigenvalue weighted by Gasteiger charge is 2.33. The molecule has 11 heteroatoms. The number of nitrogens with one attached hydrogen (secondary N) is 2. The number of rotatable bonds is 5. The average molecular weight is 436 g/mol. The lowest BCUT2D eigenvalue weighted by Crippen LogP contribution is -2.45. The third-order valence-electron chi connectivity index (χ3n) is 5.91. The molecule has 0 saturated carbocycles. The van der Waals surface area contributed by atoms with Crippen molar-refractivity contribution >= 4 is 12.0 Å². The van der Waals surface area contributed by atoms with Crippen molar-refractivity contribution in [1.82, 2.24) is 30.1 Å². The van der Waals surface area contributed by atoms with E-state index in [0.717, 1.165) is 29.9 Å². The van der Waals surface area contributed by atoms with Crippen molar-refractivity contribution < 1.29 is 13.2 Å². The van der Waals surface area contributed by atoms with E-state index in [1.165, 1.54) is 12.1 Å². The lowest BCUT2D eigenvalue weighted by molar-refractivity contribution is 0.450. The minimum absolute atomic E-state index is 0.0269. The molecule has 0 bridgehead atoms. The van der Waals surface area contributed by atoms with Crippen molar-refractivity contribution in [2.75, 3.05) is 23.3 Å². The largest absolute Gasteiger partial charge is 0.403 e. The molecule has 6 rings (SSSR count). The Morgan fingerprint density at radius 2 is 1.72 bits per heavy atom. The van der Waals surface area contributed by atoms with Crippen LogP contribution in [0.5, 0.6) is 0 Å². The molecule has 0 atom stereocenters. The summed E-state index contributed by atoms with van der Waals surface area (Å²) in [5, 5.41) is 11.4. The zero-order valence-electron chi connectivity index (χ0n) is 16.8. The van der Waals surface area contributed by atoms with Gasteiger partial charge in [-0.2, -0.15) is 0 Å². The van der Waals surface area contributed by atoms with Crippen LogP contribution in [0.25, 0.3) is 11.5 Å². The topological polar surface area (TPSA) is 109 Å². The molecule has 0 spiro atoms. The highest BCUT2D eigenvalue weighted by atomic mass is 19.2. The lowest BCUT2D eigenvalue weighted by Gasteiger charge is -2.36. The molecule has 1 fully saturated rings. The first-order valence-corrected chi connectivity index (χ1v) is 10.3. The first-order chi connectivity index (χ1) is 15.6. The van der Waals surface area contributed by atoms with Crippen molar-refractivity contribution in [3.8, 4) is 11.5 Å². The summed E-state index contributed by atoms with van der Waals surface area (Å²) in [7, 11) is 0. The van der Waals surface area contributed by atoms with E-state index in [-0.39, 0.29) is 6.04 Å². The number of hydrogen-bond acceptors (Lipinski definition) is 8. The molecule has 2 aliphatic rings. The zero-order chi connectivity index (χ0) is 21.7. The van der Waals surface area contributed by atoms with Crippen molar-refractivity contribution in [3.05, 3.63) is 65.5 Å². The second-order valence-electron chi connectivity index (χ2n) is 8.07. The average Bonchev–Trinajstić information content (AvgIpc) is 3.50. The van der Waals surface area contributed by atoms with Crippen LogP contribution in [0.15, 0.2) is 41.5 Å². The van der Waals surface area contributed by atoms with Gasteiger partial charge in [-0.15, -0.1) is 5.10 Å².